The van der Waals surface area contributed by atoms with E-state index >= 15 is 0 Å². The van der Waals surface area contributed by atoms with E-state index in [0.29, 0.717) is 17.0 Å². The molecule has 2 saturated heterocycles. The number of aromatic nitrogens is 2. The number of benzene rings is 2. The molecule has 4 aliphatic rings. The SMILES string of the molecule is COC(=O)c1ccc2c(c1)c1c(n2C)CCC(C2CCOCC2)C1.Cn1c2c(c3cc(C(=O)O)ccc31)CC(C1CCOCC1)CC2. The van der Waals surface area contributed by atoms with E-state index < -0.39 is 5.97 Å². The number of fused-ring (bicyclic) bond motifs is 6. The third-order valence-electron chi connectivity index (χ3n) is 11.8. The number of carboxylic acids is 1. The largest absolute Gasteiger partial charge is 0.478 e. The summed E-state index contributed by atoms with van der Waals surface area (Å²) < 4.78 is 20.5. The number of ether oxygens (including phenoxy) is 3. The average Bonchev–Trinajstić information content (AvgIpc) is 3.57. The number of hydrogen-bond acceptors (Lipinski definition) is 5. The summed E-state index contributed by atoms with van der Waals surface area (Å²) >= 11 is 0. The number of aryl methyl sites for hydroxylation is 2. The maximum atomic E-state index is 11.9. The summed E-state index contributed by atoms with van der Waals surface area (Å²) in [6.45, 7) is 3.62. The molecule has 2 aliphatic heterocycles. The van der Waals surface area contributed by atoms with Crippen LogP contribution in [0.5, 0.6) is 0 Å². The van der Waals surface area contributed by atoms with E-state index in [4.69, 9.17) is 14.2 Å². The molecule has 2 fully saturated rings. The zero-order chi connectivity index (χ0) is 32.7. The van der Waals surface area contributed by atoms with Crippen LogP contribution in [0.3, 0.4) is 0 Å². The molecule has 2 aromatic heterocycles. The summed E-state index contributed by atoms with van der Waals surface area (Å²) in [6, 6.07) is 11.5. The first-order valence-electron chi connectivity index (χ1n) is 17.5. The van der Waals surface area contributed by atoms with Crippen molar-refractivity contribution < 1.29 is 28.9 Å². The van der Waals surface area contributed by atoms with E-state index in [1.165, 1.54) is 79.1 Å². The van der Waals surface area contributed by atoms with E-state index in [9.17, 15) is 14.7 Å². The van der Waals surface area contributed by atoms with Crippen molar-refractivity contribution in [2.24, 2.45) is 37.8 Å². The Hall–Kier alpha value is -3.62. The van der Waals surface area contributed by atoms with Gasteiger partial charge in [-0.1, -0.05) is 0 Å². The second-order valence-electron chi connectivity index (χ2n) is 14.1. The third-order valence-corrected chi connectivity index (χ3v) is 11.8. The van der Waals surface area contributed by atoms with E-state index in [0.717, 1.165) is 80.8 Å². The van der Waals surface area contributed by atoms with Crippen LogP contribution >= 0.6 is 0 Å². The highest BCUT2D eigenvalue weighted by Crippen LogP contribution is 2.41. The molecular weight excluding hydrogens is 592 g/mol. The molecule has 0 amide bonds. The molecule has 0 bridgehead atoms. The molecule has 0 saturated carbocycles. The van der Waals surface area contributed by atoms with Crippen LogP contribution in [0.25, 0.3) is 21.8 Å². The van der Waals surface area contributed by atoms with Gasteiger partial charge in [-0.05, 0) is 135 Å². The number of hydrogen-bond donors (Lipinski definition) is 1. The number of nitrogens with zero attached hydrogens (tertiary/aromatic N) is 2. The summed E-state index contributed by atoms with van der Waals surface area (Å²) in [7, 11) is 5.69. The summed E-state index contributed by atoms with van der Waals surface area (Å²) in [5, 5.41) is 11.7. The number of carboxylic acid groups (broad SMARTS) is 1. The van der Waals surface area contributed by atoms with Crippen molar-refractivity contribution in [1.29, 1.82) is 0 Å². The van der Waals surface area contributed by atoms with Gasteiger partial charge in [0.1, 0.15) is 0 Å². The molecule has 250 valence electrons. The van der Waals surface area contributed by atoms with Crippen molar-refractivity contribution in [2.45, 2.75) is 64.2 Å². The van der Waals surface area contributed by atoms with Gasteiger partial charge in [0.25, 0.3) is 0 Å². The van der Waals surface area contributed by atoms with Crippen molar-refractivity contribution in [3.8, 4) is 0 Å². The minimum absolute atomic E-state index is 0.258. The minimum Gasteiger partial charge on any atom is -0.478 e. The van der Waals surface area contributed by atoms with Crippen LogP contribution < -0.4 is 0 Å². The number of esters is 1. The molecular formula is C39H48N2O6. The molecule has 4 heterocycles. The van der Waals surface area contributed by atoms with Crippen LogP contribution in [0, 0.1) is 23.7 Å². The molecule has 8 rings (SSSR count). The molecule has 2 atom stereocenters. The van der Waals surface area contributed by atoms with Gasteiger partial charge in [-0.25, -0.2) is 9.59 Å². The standard InChI is InChI=1S/C20H25NO3.C19H23NO3/c1-21-18-5-3-14(13-7-9-24-10-8-13)11-16(18)17-12-15(20(22)23-2)4-6-19(17)21;1-20-17-4-2-13(12-6-8-23-9-7-12)10-15(17)16-11-14(19(21)22)3-5-18(16)20/h4,6,12-14H,3,5,7-11H2,1-2H3;3,5,11-13H,2,4,6-10H2,1H3,(H,21,22). The second kappa shape index (κ2) is 13.5. The van der Waals surface area contributed by atoms with Crippen LogP contribution in [0.15, 0.2) is 36.4 Å². The summed E-state index contributed by atoms with van der Waals surface area (Å²) in [5.41, 5.74) is 9.08. The predicted molar refractivity (Wildman–Crippen MR) is 182 cm³/mol. The molecule has 1 N–H and O–H groups in total. The number of carbonyl (C=O) groups excluding carboxylic acids is 1. The first-order valence-corrected chi connectivity index (χ1v) is 17.5. The molecule has 2 aromatic carbocycles. The fraction of sp³-hybridized carbons (Fsp3) is 0.538. The van der Waals surface area contributed by atoms with Crippen LogP contribution in [0.4, 0.5) is 0 Å². The lowest BCUT2D eigenvalue weighted by Gasteiger charge is -2.33. The van der Waals surface area contributed by atoms with E-state index in [2.05, 4.69) is 29.3 Å². The van der Waals surface area contributed by atoms with Gasteiger partial charge in [0.15, 0.2) is 0 Å². The molecule has 2 unspecified atom stereocenters. The van der Waals surface area contributed by atoms with Gasteiger partial charge >= 0.3 is 11.9 Å². The second-order valence-corrected chi connectivity index (χ2v) is 14.1. The van der Waals surface area contributed by atoms with E-state index in [1.54, 1.807) is 6.07 Å². The number of methoxy groups -OCH3 is 1. The van der Waals surface area contributed by atoms with Crippen LogP contribution in [-0.4, -0.2) is 59.7 Å². The molecule has 8 nitrogen and oxygen atoms in total. The molecule has 0 spiro atoms. The highest BCUT2D eigenvalue weighted by Gasteiger charge is 2.32. The Balaban J connectivity index is 0.000000150. The lowest BCUT2D eigenvalue weighted by Crippen LogP contribution is -2.28. The topological polar surface area (TPSA) is 91.9 Å². The van der Waals surface area contributed by atoms with Gasteiger partial charge in [0.2, 0.25) is 0 Å². The Morgan fingerprint density at radius 2 is 1.13 bits per heavy atom. The zero-order valence-electron chi connectivity index (χ0n) is 28.1. The first kappa shape index (κ1) is 32.0. The van der Waals surface area contributed by atoms with Gasteiger partial charge in [-0.3, -0.25) is 0 Å². The normalized spacial score (nSPS) is 21.9. The highest BCUT2D eigenvalue weighted by molar-refractivity contribution is 5.97. The fourth-order valence-corrected chi connectivity index (χ4v) is 9.17. The monoisotopic (exact) mass is 640 g/mol. The Kier molecular flexibility index (Phi) is 9.16. The van der Waals surface area contributed by atoms with Crippen molar-refractivity contribution in [1.82, 2.24) is 9.13 Å². The minimum atomic E-state index is -0.846. The van der Waals surface area contributed by atoms with Crippen LogP contribution in [-0.2, 0) is 54.0 Å². The summed E-state index contributed by atoms with van der Waals surface area (Å²) in [5.74, 6) is 1.90. The molecule has 4 aromatic rings. The molecule has 0 radical (unpaired) electrons. The lowest BCUT2D eigenvalue weighted by molar-refractivity contribution is 0.0438. The molecule has 47 heavy (non-hydrogen) atoms. The quantitative estimate of drug-likeness (QED) is 0.244. The van der Waals surface area contributed by atoms with Crippen molar-refractivity contribution >= 4 is 33.7 Å². The lowest BCUT2D eigenvalue weighted by atomic mass is 9.75. The smallest absolute Gasteiger partial charge is 0.337 e. The fourth-order valence-electron chi connectivity index (χ4n) is 9.17. The highest BCUT2D eigenvalue weighted by atomic mass is 16.5. The Bertz CT molecular complexity index is 1790. The summed E-state index contributed by atoms with van der Waals surface area (Å²) in [6.07, 6.45) is 11.7. The van der Waals surface area contributed by atoms with Crippen molar-refractivity contribution in [2.75, 3.05) is 33.5 Å². The van der Waals surface area contributed by atoms with Crippen molar-refractivity contribution in [3.63, 3.8) is 0 Å². The van der Waals surface area contributed by atoms with Crippen LogP contribution in [0.2, 0.25) is 0 Å². The zero-order valence-corrected chi connectivity index (χ0v) is 28.1. The van der Waals surface area contributed by atoms with Gasteiger partial charge in [0.05, 0.1) is 18.2 Å². The maximum absolute atomic E-state index is 11.9. The Morgan fingerprint density at radius 1 is 0.681 bits per heavy atom. The first-order chi connectivity index (χ1) is 22.8. The molecule has 2 aliphatic carbocycles. The average molecular weight is 641 g/mol. The van der Waals surface area contributed by atoms with Crippen LogP contribution in [0.1, 0.15) is 81.8 Å². The van der Waals surface area contributed by atoms with E-state index in [-0.39, 0.29) is 5.97 Å². The van der Waals surface area contributed by atoms with Gasteiger partial charge in [0, 0.05) is 73.7 Å². The van der Waals surface area contributed by atoms with Crippen molar-refractivity contribution in [3.05, 3.63) is 70.0 Å². The predicted octanol–water partition coefficient (Wildman–Crippen LogP) is 6.90. The molecule has 8 heteroatoms. The Morgan fingerprint density at radius 3 is 1.57 bits per heavy atom. The number of aromatic carboxylic acids is 1. The Labute approximate surface area is 277 Å². The third kappa shape index (κ3) is 6.11. The maximum Gasteiger partial charge on any atom is 0.337 e. The number of carbonyl (C=O) groups is 2. The number of rotatable bonds is 4. The van der Waals surface area contributed by atoms with Gasteiger partial charge < -0.3 is 28.5 Å². The van der Waals surface area contributed by atoms with Gasteiger partial charge in [-0.15, -0.1) is 0 Å². The summed E-state index contributed by atoms with van der Waals surface area (Å²) in [4.78, 5) is 23.2. The van der Waals surface area contributed by atoms with E-state index in [1.807, 2.05) is 24.3 Å². The van der Waals surface area contributed by atoms with Gasteiger partial charge in [-0.2, -0.15) is 0 Å².